The zero-order valence-electron chi connectivity index (χ0n) is 16.2. The van der Waals surface area contributed by atoms with E-state index in [1.54, 1.807) is 32.4 Å². The van der Waals surface area contributed by atoms with E-state index in [1.165, 1.54) is 12.4 Å². The van der Waals surface area contributed by atoms with Crippen LogP contribution >= 0.6 is 0 Å². The Morgan fingerprint density at radius 1 is 0.964 bits per heavy atom. The van der Waals surface area contributed by atoms with Crippen molar-refractivity contribution >= 4 is 23.1 Å². The summed E-state index contributed by atoms with van der Waals surface area (Å²) in [6.07, 6.45) is 2.93. The molecule has 0 aliphatic rings. The van der Waals surface area contributed by atoms with E-state index >= 15 is 0 Å². The number of amides is 1. The quantitative estimate of drug-likeness (QED) is 0.671. The van der Waals surface area contributed by atoms with Crippen molar-refractivity contribution in [2.24, 2.45) is 0 Å². The lowest BCUT2D eigenvalue weighted by Crippen LogP contribution is -2.15. The molecule has 0 radical (unpaired) electrons. The highest BCUT2D eigenvalue weighted by Crippen LogP contribution is 2.30. The first-order chi connectivity index (χ1) is 13.5. The lowest BCUT2D eigenvalue weighted by Gasteiger charge is -2.13. The largest absolute Gasteiger partial charge is 0.497 e. The number of benzene rings is 2. The van der Waals surface area contributed by atoms with Gasteiger partial charge in [0.2, 0.25) is 0 Å². The molecule has 0 fully saturated rings. The minimum atomic E-state index is -0.310. The lowest BCUT2D eigenvalue weighted by molar-refractivity contribution is 0.102. The first kappa shape index (κ1) is 19.2. The Bertz CT molecular complexity index is 967. The molecule has 0 unspecified atom stereocenters. The molecule has 2 N–H and O–H groups in total. The molecule has 2 aromatic carbocycles. The SMILES string of the molecule is COc1ccc(OC)c(Nc2cnc(C(=O)Nc3c(C)cccc3C)cn2)c1. The number of aryl methyl sites for hydroxylation is 2. The second-order valence-electron chi connectivity index (χ2n) is 6.20. The van der Waals surface area contributed by atoms with E-state index in [4.69, 9.17) is 9.47 Å². The van der Waals surface area contributed by atoms with E-state index in [0.29, 0.717) is 23.0 Å². The molecule has 28 heavy (non-hydrogen) atoms. The molecule has 144 valence electrons. The zero-order valence-corrected chi connectivity index (χ0v) is 16.2. The van der Waals surface area contributed by atoms with Gasteiger partial charge in [0.25, 0.3) is 5.91 Å². The van der Waals surface area contributed by atoms with Crippen LogP contribution in [0.3, 0.4) is 0 Å². The molecule has 0 saturated heterocycles. The van der Waals surface area contributed by atoms with Gasteiger partial charge in [-0.25, -0.2) is 9.97 Å². The zero-order chi connectivity index (χ0) is 20.1. The number of methoxy groups -OCH3 is 2. The Labute approximate surface area is 163 Å². The average molecular weight is 378 g/mol. The van der Waals surface area contributed by atoms with Crippen molar-refractivity contribution in [2.75, 3.05) is 24.9 Å². The van der Waals surface area contributed by atoms with E-state index in [-0.39, 0.29) is 11.6 Å². The third kappa shape index (κ3) is 4.20. The summed E-state index contributed by atoms with van der Waals surface area (Å²) in [6.45, 7) is 3.89. The van der Waals surface area contributed by atoms with Gasteiger partial charge in [0.05, 0.1) is 32.3 Å². The summed E-state index contributed by atoms with van der Waals surface area (Å²) in [7, 11) is 3.18. The lowest BCUT2D eigenvalue weighted by atomic mass is 10.1. The van der Waals surface area contributed by atoms with Gasteiger partial charge in [-0.05, 0) is 37.1 Å². The molecule has 0 aliphatic heterocycles. The summed E-state index contributed by atoms with van der Waals surface area (Å²) < 4.78 is 10.6. The smallest absolute Gasteiger partial charge is 0.275 e. The Morgan fingerprint density at radius 3 is 2.32 bits per heavy atom. The molecule has 1 heterocycles. The van der Waals surface area contributed by atoms with Crippen molar-refractivity contribution in [2.45, 2.75) is 13.8 Å². The summed E-state index contributed by atoms with van der Waals surface area (Å²) in [5.41, 5.74) is 3.68. The predicted molar refractivity (Wildman–Crippen MR) is 109 cm³/mol. The van der Waals surface area contributed by atoms with Crippen molar-refractivity contribution in [1.29, 1.82) is 0 Å². The van der Waals surface area contributed by atoms with E-state index in [9.17, 15) is 4.79 Å². The van der Waals surface area contributed by atoms with Crippen LogP contribution in [0.2, 0.25) is 0 Å². The first-order valence-corrected chi connectivity index (χ1v) is 8.70. The van der Waals surface area contributed by atoms with Crippen LogP contribution in [0.15, 0.2) is 48.8 Å². The maximum absolute atomic E-state index is 12.5. The van der Waals surface area contributed by atoms with Crippen molar-refractivity contribution in [3.63, 3.8) is 0 Å². The topological polar surface area (TPSA) is 85.4 Å². The number of nitrogens with one attached hydrogen (secondary N) is 2. The van der Waals surface area contributed by atoms with Gasteiger partial charge in [-0.2, -0.15) is 0 Å². The van der Waals surface area contributed by atoms with Crippen molar-refractivity contribution in [3.05, 3.63) is 65.6 Å². The van der Waals surface area contributed by atoms with Gasteiger partial charge in [-0.1, -0.05) is 18.2 Å². The fourth-order valence-electron chi connectivity index (χ4n) is 2.75. The molecule has 0 aliphatic carbocycles. The Morgan fingerprint density at radius 2 is 1.71 bits per heavy atom. The number of hydrogen-bond acceptors (Lipinski definition) is 6. The number of anilines is 3. The van der Waals surface area contributed by atoms with Gasteiger partial charge in [0, 0.05) is 11.8 Å². The summed E-state index contributed by atoms with van der Waals surface area (Å²) in [5, 5.41) is 6.02. The van der Waals surface area contributed by atoms with Crippen molar-refractivity contribution in [3.8, 4) is 11.5 Å². The number of nitrogens with zero attached hydrogens (tertiary/aromatic N) is 2. The molecule has 0 atom stereocenters. The maximum Gasteiger partial charge on any atom is 0.275 e. The van der Waals surface area contributed by atoms with Crippen LogP contribution in [0, 0.1) is 13.8 Å². The monoisotopic (exact) mass is 378 g/mol. The molecule has 7 nitrogen and oxygen atoms in total. The van der Waals surface area contributed by atoms with Crippen LogP contribution in [0.1, 0.15) is 21.6 Å². The number of carbonyl (C=O) groups excluding carboxylic acids is 1. The van der Waals surface area contributed by atoms with E-state index < -0.39 is 0 Å². The van der Waals surface area contributed by atoms with E-state index in [2.05, 4.69) is 20.6 Å². The van der Waals surface area contributed by atoms with Crippen LogP contribution in [-0.2, 0) is 0 Å². The molecule has 0 saturated carbocycles. The Kier molecular flexibility index (Phi) is 5.74. The second-order valence-corrected chi connectivity index (χ2v) is 6.20. The highest BCUT2D eigenvalue weighted by atomic mass is 16.5. The molecule has 3 rings (SSSR count). The molecule has 3 aromatic rings. The number of para-hydroxylation sites is 1. The van der Waals surface area contributed by atoms with Gasteiger partial charge < -0.3 is 20.1 Å². The van der Waals surface area contributed by atoms with Gasteiger partial charge in [-0.3, -0.25) is 4.79 Å². The fourth-order valence-corrected chi connectivity index (χ4v) is 2.75. The van der Waals surface area contributed by atoms with Crippen LogP contribution in [0.4, 0.5) is 17.2 Å². The predicted octanol–water partition coefficient (Wildman–Crippen LogP) is 4.11. The molecule has 1 aromatic heterocycles. The summed E-state index contributed by atoms with van der Waals surface area (Å²) >= 11 is 0. The first-order valence-electron chi connectivity index (χ1n) is 8.70. The number of hydrogen-bond donors (Lipinski definition) is 2. The standard InChI is InChI=1S/C21H22N4O3/c1-13-6-5-7-14(2)20(13)25-21(26)17-11-23-19(12-22-17)24-16-10-15(27-3)8-9-18(16)28-4/h5-12H,1-4H3,(H,23,24)(H,25,26). The highest BCUT2D eigenvalue weighted by molar-refractivity contribution is 6.03. The minimum Gasteiger partial charge on any atom is -0.497 e. The molecule has 0 spiro atoms. The molecular formula is C21H22N4O3. The van der Waals surface area contributed by atoms with Gasteiger partial charge >= 0.3 is 0 Å². The minimum absolute atomic E-state index is 0.228. The number of carbonyl (C=O) groups is 1. The van der Waals surface area contributed by atoms with Gasteiger partial charge in [0.1, 0.15) is 23.0 Å². The summed E-state index contributed by atoms with van der Waals surface area (Å²) in [5.74, 6) is 1.49. The molecule has 7 heteroatoms. The number of rotatable bonds is 6. The third-order valence-corrected chi connectivity index (χ3v) is 4.27. The third-order valence-electron chi connectivity index (χ3n) is 4.27. The van der Waals surface area contributed by atoms with Crippen LogP contribution in [0.25, 0.3) is 0 Å². The highest BCUT2D eigenvalue weighted by Gasteiger charge is 2.12. The Balaban J connectivity index is 1.76. The Hall–Kier alpha value is -3.61. The fraction of sp³-hybridized carbons (Fsp3) is 0.190. The average Bonchev–Trinajstić information content (AvgIpc) is 2.71. The van der Waals surface area contributed by atoms with Crippen LogP contribution < -0.4 is 20.1 Å². The second kappa shape index (κ2) is 8.39. The summed E-state index contributed by atoms with van der Waals surface area (Å²) in [4.78, 5) is 21.0. The van der Waals surface area contributed by atoms with Crippen LogP contribution in [-0.4, -0.2) is 30.1 Å². The van der Waals surface area contributed by atoms with Gasteiger partial charge in [0.15, 0.2) is 0 Å². The molecular weight excluding hydrogens is 356 g/mol. The van der Waals surface area contributed by atoms with Crippen LogP contribution in [0.5, 0.6) is 11.5 Å². The van der Waals surface area contributed by atoms with E-state index in [1.807, 2.05) is 32.0 Å². The number of aromatic nitrogens is 2. The maximum atomic E-state index is 12.5. The van der Waals surface area contributed by atoms with Crippen molar-refractivity contribution in [1.82, 2.24) is 9.97 Å². The molecule has 1 amide bonds. The van der Waals surface area contributed by atoms with Crippen molar-refractivity contribution < 1.29 is 14.3 Å². The van der Waals surface area contributed by atoms with Gasteiger partial charge in [-0.15, -0.1) is 0 Å². The summed E-state index contributed by atoms with van der Waals surface area (Å²) in [6, 6.07) is 11.2. The number of ether oxygens (including phenoxy) is 2. The molecule has 0 bridgehead atoms. The van der Waals surface area contributed by atoms with E-state index in [0.717, 1.165) is 16.8 Å². The normalized spacial score (nSPS) is 10.3.